The minimum Gasteiger partial charge on any atom is -0.497 e. The monoisotopic (exact) mass is 396 g/mol. The van der Waals surface area contributed by atoms with Crippen LogP contribution >= 0.6 is 0 Å². The molecule has 2 aromatic carbocycles. The lowest BCUT2D eigenvalue weighted by atomic mass is 10.1. The van der Waals surface area contributed by atoms with E-state index < -0.39 is 0 Å². The summed E-state index contributed by atoms with van der Waals surface area (Å²) in [5, 5.41) is 0. The molecular formula is C22H24N2O5. The Morgan fingerprint density at radius 2 is 1.83 bits per heavy atom. The van der Waals surface area contributed by atoms with Gasteiger partial charge in [0.2, 0.25) is 5.91 Å². The normalized spacial score (nSPS) is 16.5. The first-order valence-electron chi connectivity index (χ1n) is 9.36. The lowest BCUT2D eigenvalue weighted by Gasteiger charge is -2.39. The van der Waals surface area contributed by atoms with Crippen molar-refractivity contribution in [2.75, 3.05) is 31.7 Å². The molecule has 0 N–H and O–H groups in total. The van der Waals surface area contributed by atoms with Crippen LogP contribution in [0.2, 0.25) is 0 Å². The number of ketones is 1. The van der Waals surface area contributed by atoms with Crippen molar-refractivity contribution < 1.29 is 23.9 Å². The highest BCUT2D eigenvalue weighted by molar-refractivity contribution is 5.99. The van der Waals surface area contributed by atoms with E-state index in [1.54, 1.807) is 42.3 Å². The van der Waals surface area contributed by atoms with E-state index in [1.807, 2.05) is 25.1 Å². The molecule has 0 bridgehead atoms. The fourth-order valence-corrected chi connectivity index (χ4v) is 3.32. The molecule has 3 rings (SSSR count). The SMILES string of the molecule is COc1cccc(N2C(=O)CN(C(=O)COc3ccc(C(C)=O)cc3)CC2C)c1. The van der Waals surface area contributed by atoms with Gasteiger partial charge in [0.25, 0.3) is 5.91 Å². The molecule has 0 saturated carbocycles. The van der Waals surface area contributed by atoms with Crippen LogP contribution in [0.5, 0.6) is 11.5 Å². The maximum Gasteiger partial charge on any atom is 0.261 e. The van der Waals surface area contributed by atoms with Gasteiger partial charge in [-0.05, 0) is 50.2 Å². The Morgan fingerprint density at radius 3 is 2.45 bits per heavy atom. The molecule has 7 nitrogen and oxygen atoms in total. The highest BCUT2D eigenvalue weighted by Gasteiger charge is 2.33. The van der Waals surface area contributed by atoms with E-state index in [2.05, 4.69) is 0 Å². The number of hydrogen-bond acceptors (Lipinski definition) is 5. The van der Waals surface area contributed by atoms with E-state index in [0.717, 1.165) is 5.69 Å². The summed E-state index contributed by atoms with van der Waals surface area (Å²) in [6.45, 7) is 3.63. The molecule has 152 valence electrons. The summed E-state index contributed by atoms with van der Waals surface area (Å²) in [5.41, 5.74) is 1.33. The summed E-state index contributed by atoms with van der Waals surface area (Å²) in [6, 6.07) is 13.7. The predicted octanol–water partition coefficient (Wildman–Crippen LogP) is 2.54. The average molecular weight is 396 g/mol. The number of piperazine rings is 1. The number of methoxy groups -OCH3 is 1. The van der Waals surface area contributed by atoms with Crippen LogP contribution in [0.25, 0.3) is 0 Å². The summed E-state index contributed by atoms with van der Waals surface area (Å²) in [4.78, 5) is 39.8. The molecule has 0 aliphatic carbocycles. The second-order valence-electron chi connectivity index (χ2n) is 6.96. The van der Waals surface area contributed by atoms with Gasteiger partial charge in [-0.25, -0.2) is 0 Å². The molecule has 1 heterocycles. The summed E-state index contributed by atoms with van der Waals surface area (Å²) in [7, 11) is 1.58. The highest BCUT2D eigenvalue weighted by Crippen LogP contribution is 2.25. The highest BCUT2D eigenvalue weighted by atomic mass is 16.5. The first-order valence-corrected chi connectivity index (χ1v) is 9.36. The Hall–Kier alpha value is -3.35. The van der Waals surface area contributed by atoms with Gasteiger partial charge in [-0.2, -0.15) is 0 Å². The standard InChI is InChI=1S/C22H24N2O5/c1-15-12-23(13-21(26)24(15)18-5-4-6-20(11-18)28-3)22(27)14-29-19-9-7-17(8-10-19)16(2)25/h4-11,15H,12-14H2,1-3H3. The largest absolute Gasteiger partial charge is 0.497 e. The number of ether oxygens (including phenoxy) is 2. The number of hydrogen-bond donors (Lipinski definition) is 0. The molecule has 1 aliphatic rings. The number of carbonyl (C=O) groups is 3. The first kappa shape index (κ1) is 20.4. The molecular weight excluding hydrogens is 372 g/mol. The van der Waals surface area contributed by atoms with Crippen molar-refractivity contribution in [1.82, 2.24) is 4.90 Å². The number of nitrogens with zero attached hydrogens (tertiary/aromatic N) is 2. The van der Waals surface area contributed by atoms with Crippen LogP contribution in [0.15, 0.2) is 48.5 Å². The molecule has 1 fully saturated rings. The molecule has 2 aromatic rings. The Kier molecular flexibility index (Phi) is 6.16. The van der Waals surface area contributed by atoms with Crippen molar-refractivity contribution in [1.29, 1.82) is 0 Å². The van der Waals surface area contributed by atoms with Gasteiger partial charge in [-0.1, -0.05) is 6.07 Å². The minimum atomic E-state index is -0.258. The zero-order valence-electron chi connectivity index (χ0n) is 16.8. The van der Waals surface area contributed by atoms with Gasteiger partial charge in [-0.15, -0.1) is 0 Å². The van der Waals surface area contributed by atoms with Crippen LogP contribution in [0.3, 0.4) is 0 Å². The smallest absolute Gasteiger partial charge is 0.261 e. The van der Waals surface area contributed by atoms with Gasteiger partial charge in [0, 0.05) is 23.9 Å². The number of anilines is 1. The lowest BCUT2D eigenvalue weighted by Crippen LogP contribution is -2.57. The number of benzene rings is 2. The Labute approximate surface area is 169 Å². The third-order valence-electron chi connectivity index (χ3n) is 4.83. The lowest BCUT2D eigenvalue weighted by molar-refractivity contribution is -0.139. The number of rotatable bonds is 6. The van der Waals surface area contributed by atoms with Crippen LogP contribution < -0.4 is 14.4 Å². The van der Waals surface area contributed by atoms with E-state index in [4.69, 9.17) is 9.47 Å². The molecule has 7 heteroatoms. The van der Waals surface area contributed by atoms with E-state index in [-0.39, 0.29) is 36.8 Å². The molecule has 1 atom stereocenters. The Balaban J connectivity index is 1.60. The fraction of sp³-hybridized carbons (Fsp3) is 0.318. The number of amides is 2. The number of Topliss-reactive ketones (excluding diaryl/α,β-unsaturated/α-hetero) is 1. The van der Waals surface area contributed by atoms with Crippen LogP contribution in [0.4, 0.5) is 5.69 Å². The van der Waals surface area contributed by atoms with Crippen molar-refractivity contribution in [2.45, 2.75) is 19.9 Å². The summed E-state index contributed by atoms with van der Waals surface area (Å²) in [6.07, 6.45) is 0. The van der Waals surface area contributed by atoms with Gasteiger partial charge in [-0.3, -0.25) is 14.4 Å². The molecule has 1 saturated heterocycles. The second kappa shape index (κ2) is 8.77. The van der Waals surface area contributed by atoms with Crippen molar-refractivity contribution >= 4 is 23.3 Å². The van der Waals surface area contributed by atoms with Crippen LogP contribution in [0.1, 0.15) is 24.2 Å². The fourth-order valence-electron chi connectivity index (χ4n) is 3.32. The molecule has 0 radical (unpaired) electrons. The quantitative estimate of drug-likeness (QED) is 0.702. The van der Waals surface area contributed by atoms with Gasteiger partial charge >= 0.3 is 0 Å². The van der Waals surface area contributed by atoms with E-state index in [9.17, 15) is 14.4 Å². The third kappa shape index (κ3) is 4.74. The van der Waals surface area contributed by atoms with E-state index in [0.29, 0.717) is 23.6 Å². The summed E-state index contributed by atoms with van der Waals surface area (Å²) in [5.74, 6) is 0.722. The zero-order valence-corrected chi connectivity index (χ0v) is 16.8. The second-order valence-corrected chi connectivity index (χ2v) is 6.96. The molecule has 2 amide bonds. The van der Waals surface area contributed by atoms with Crippen LogP contribution in [-0.2, 0) is 9.59 Å². The van der Waals surface area contributed by atoms with Gasteiger partial charge in [0.05, 0.1) is 13.2 Å². The van der Waals surface area contributed by atoms with Gasteiger partial charge in [0.15, 0.2) is 12.4 Å². The third-order valence-corrected chi connectivity index (χ3v) is 4.83. The summed E-state index contributed by atoms with van der Waals surface area (Å²) >= 11 is 0. The van der Waals surface area contributed by atoms with Gasteiger partial charge in [0.1, 0.15) is 18.0 Å². The maximum absolute atomic E-state index is 12.7. The zero-order chi connectivity index (χ0) is 21.0. The number of carbonyl (C=O) groups excluding carboxylic acids is 3. The molecule has 29 heavy (non-hydrogen) atoms. The van der Waals surface area contributed by atoms with Crippen LogP contribution in [0, 0.1) is 0 Å². The molecule has 0 aromatic heterocycles. The minimum absolute atomic E-state index is 0.00693. The van der Waals surface area contributed by atoms with E-state index in [1.165, 1.54) is 11.8 Å². The summed E-state index contributed by atoms with van der Waals surface area (Å²) < 4.78 is 10.8. The molecule has 1 unspecified atom stereocenters. The van der Waals surface area contributed by atoms with Crippen LogP contribution in [-0.4, -0.2) is 55.3 Å². The average Bonchev–Trinajstić information content (AvgIpc) is 2.72. The first-order chi connectivity index (χ1) is 13.9. The van der Waals surface area contributed by atoms with Crippen molar-refractivity contribution in [3.63, 3.8) is 0 Å². The Bertz CT molecular complexity index is 910. The maximum atomic E-state index is 12.7. The molecule has 1 aliphatic heterocycles. The van der Waals surface area contributed by atoms with E-state index >= 15 is 0 Å². The topological polar surface area (TPSA) is 76.2 Å². The molecule has 0 spiro atoms. The van der Waals surface area contributed by atoms with Gasteiger partial charge < -0.3 is 19.3 Å². The van der Waals surface area contributed by atoms with Crippen molar-refractivity contribution in [3.05, 3.63) is 54.1 Å². The van der Waals surface area contributed by atoms with Crippen molar-refractivity contribution in [3.8, 4) is 11.5 Å². The predicted molar refractivity (Wildman–Crippen MR) is 108 cm³/mol. The Morgan fingerprint density at radius 1 is 1.10 bits per heavy atom. The van der Waals surface area contributed by atoms with Crippen molar-refractivity contribution in [2.24, 2.45) is 0 Å².